The number of nitrogens with two attached hydrogens (primary N) is 1. The first-order chi connectivity index (χ1) is 10.8. The number of amides is 1. The maximum Gasteiger partial charge on any atom is 0.387 e. The standard InChI is InChI=1S/C16H24F2N2O3.ClH/c1-4-22-14-8-11(5-6-13(14)23-16(17)18)9-20-15(21)12(19)7-10(2)3;/h5-6,8,10,12,16H,4,7,9,19H2,1-3H3,(H,20,21);1H/t12-;/m0./s1. The minimum absolute atomic E-state index is 0. The van der Waals surface area contributed by atoms with Crippen LogP contribution in [0.3, 0.4) is 0 Å². The molecular formula is C16H25ClF2N2O3. The number of nitrogens with one attached hydrogen (secondary N) is 1. The molecule has 0 unspecified atom stereocenters. The summed E-state index contributed by atoms with van der Waals surface area (Å²) in [4.78, 5) is 11.9. The van der Waals surface area contributed by atoms with Crippen LogP contribution in [0.1, 0.15) is 32.8 Å². The Hall–Kier alpha value is -1.60. The second-order valence-corrected chi connectivity index (χ2v) is 5.55. The molecule has 8 heteroatoms. The fourth-order valence-corrected chi connectivity index (χ4v) is 2.06. The minimum atomic E-state index is -2.92. The summed E-state index contributed by atoms with van der Waals surface area (Å²) in [6.07, 6.45) is 0.594. The van der Waals surface area contributed by atoms with Crippen LogP contribution in [0.4, 0.5) is 8.78 Å². The molecule has 0 saturated heterocycles. The zero-order chi connectivity index (χ0) is 17.4. The predicted molar refractivity (Wildman–Crippen MR) is 90.8 cm³/mol. The summed E-state index contributed by atoms with van der Waals surface area (Å²) in [5.74, 6) is 0.259. The van der Waals surface area contributed by atoms with E-state index in [-0.39, 0.29) is 36.4 Å². The largest absolute Gasteiger partial charge is 0.490 e. The first kappa shape index (κ1) is 22.4. The second-order valence-electron chi connectivity index (χ2n) is 5.55. The number of carbonyl (C=O) groups excluding carboxylic acids is 1. The van der Waals surface area contributed by atoms with Crippen LogP contribution >= 0.6 is 12.4 Å². The number of hydrogen-bond donors (Lipinski definition) is 2. The lowest BCUT2D eigenvalue weighted by Gasteiger charge is -2.15. The molecule has 0 radical (unpaired) electrons. The maximum absolute atomic E-state index is 12.3. The van der Waals surface area contributed by atoms with Crippen molar-refractivity contribution in [3.05, 3.63) is 23.8 Å². The van der Waals surface area contributed by atoms with Gasteiger partial charge in [-0.1, -0.05) is 19.9 Å². The Morgan fingerprint density at radius 2 is 1.96 bits per heavy atom. The van der Waals surface area contributed by atoms with Gasteiger partial charge in [0.15, 0.2) is 11.5 Å². The van der Waals surface area contributed by atoms with Gasteiger partial charge in [-0.3, -0.25) is 4.79 Å². The highest BCUT2D eigenvalue weighted by Gasteiger charge is 2.15. The molecule has 0 aliphatic heterocycles. The van der Waals surface area contributed by atoms with Gasteiger partial charge < -0.3 is 20.5 Å². The van der Waals surface area contributed by atoms with Gasteiger partial charge in [-0.2, -0.15) is 8.78 Å². The van der Waals surface area contributed by atoms with Crippen LogP contribution in [0.2, 0.25) is 0 Å². The van der Waals surface area contributed by atoms with Crippen LogP contribution in [0.25, 0.3) is 0 Å². The first-order valence-corrected chi connectivity index (χ1v) is 7.57. The number of rotatable bonds is 9. The molecule has 0 aliphatic carbocycles. The van der Waals surface area contributed by atoms with Crippen LogP contribution in [0.5, 0.6) is 11.5 Å². The van der Waals surface area contributed by atoms with Gasteiger partial charge in [0.25, 0.3) is 0 Å². The lowest BCUT2D eigenvalue weighted by atomic mass is 10.0. The fourth-order valence-electron chi connectivity index (χ4n) is 2.06. The van der Waals surface area contributed by atoms with Gasteiger partial charge in [-0.05, 0) is 37.0 Å². The van der Waals surface area contributed by atoms with Crippen LogP contribution in [0, 0.1) is 5.92 Å². The zero-order valence-electron chi connectivity index (χ0n) is 14.1. The summed E-state index contributed by atoms with van der Waals surface area (Å²) in [5.41, 5.74) is 6.51. The van der Waals surface area contributed by atoms with Crippen LogP contribution in [-0.2, 0) is 11.3 Å². The molecule has 24 heavy (non-hydrogen) atoms. The first-order valence-electron chi connectivity index (χ1n) is 7.57. The van der Waals surface area contributed by atoms with Crippen molar-refractivity contribution in [3.63, 3.8) is 0 Å². The molecule has 5 nitrogen and oxygen atoms in total. The molecular weight excluding hydrogens is 342 g/mol. The molecule has 0 aliphatic rings. The van der Waals surface area contributed by atoms with Gasteiger partial charge in [0.05, 0.1) is 12.6 Å². The van der Waals surface area contributed by atoms with Crippen molar-refractivity contribution >= 4 is 18.3 Å². The molecule has 0 bridgehead atoms. The van der Waals surface area contributed by atoms with Crippen molar-refractivity contribution < 1.29 is 23.0 Å². The number of carbonyl (C=O) groups is 1. The van der Waals surface area contributed by atoms with Gasteiger partial charge in [0.2, 0.25) is 5.91 Å². The van der Waals surface area contributed by atoms with Gasteiger partial charge >= 0.3 is 6.61 Å². The molecule has 0 fully saturated rings. The van der Waals surface area contributed by atoms with Crippen molar-refractivity contribution in [3.8, 4) is 11.5 Å². The highest BCUT2D eigenvalue weighted by Crippen LogP contribution is 2.29. The lowest BCUT2D eigenvalue weighted by molar-refractivity contribution is -0.122. The number of ether oxygens (including phenoxy) is 2. The number of benzene rings is 1. The summed E-state index contributed by atoms with van der Waals surface area (Å²) in [5, 5.41) is 2.73. The molecule has 0 saturated carbocycles. The van der Waals surface area contributed by atoms with E-state index in [4.69, 9.17) is 10.5 Å². The number of hydrogen-bond acceptors (Lipinski definition) is 4. The molecule has 0 aromatic heterocycles. The molecule has 138 valence electrons. The van der Waals surface area contributed by atoms with Gasteiger partial charge in [-0.15, -0.1) is 12.4 Å². The molecule has 1 aromatic rings. The average molecular weight is 367 g/mol. The summed E-state index contributed by atoms with van der Waals surface area (Å²) in [7, 11) is 0. The summed E-state index contributed by atoms with van der Waals surface area (Å²) in [6, 6.07) is 3.99. The van der Waals surface area contributed by atoms with Crippen molar-refractivity contribution in [2.24, 2.45) is 11.7 Å². The normalized spacial score (nSPS) is 11.8. The Labute approximate surface area is 147 Å². The Morgan fingerprint density at radius 1 is 1.29 bits per heavy atom. The Morgan fingerprint density at radius 3 is 2.50 bits per heavy atom. The molecule has 1 aromatic carbocycles. The van der Waals surface area contributed by atoms with Crippen LogP contribution in [0.15, 0.2) is 18.2 Å². The number of halogens is 3. The van der Waals surface area contributed by atoms with Crippen LogP contribution < -0.4 is 20.5 Å². The Balaban J connectivity index is 0.00000529. The van der Waals surface area contributed by atoms with Crippen molar-refractivity contribution in [1.82, 2.24) is 5.32 Å². The van der Waals surface area contributed by atoms with Crippen molar-refractivity contribution in [2.75, 3.05) is 6.61 Å². The fraction of sp³-hybridized carbons (Fsp3) is 0.562. The van der Waals surface area contributed by atoms with Crippen molar-refractivity contribution in [2.45, 2.75) is 46.4 Å². The molecule has 1 rings (SSSR count). The minimum Gasteiger partial charge on any atom is -0.490 e. The average Bonchev–Trinajstić information content (AvgIpc) is 2.46. The highest BCUT2D eigenvalue weighted by atomic mass is 35.5. The Bertz CT molecular complexity index is 516. The Kier molecular flexibility index (Phi) is 10.3. The number of alkyl halides is 2. The lowest BCUT2D eigenvalue weighted by Crippen LogP contribution is -2.41. The molecule has 0 spiro atoms. The quantitative estimate of drug-likeness (QED) is 0.704. The predicted octanol–water partition coefficient (Wildman–Crippen LogP) is 3.10. The second kappa shape index (κ2) is 11.0. The van der Waals surface area contributed by atoms with Gasteiger partial charge in [0.1, 0.15) is 0 Å². The molecule has 0 heterocycles. The van der Waals surface area contributed by atoms with E-state index in [0.29, 0.717) is 24.5 Å². The molecule has 1 atom stereocenters. The van der Waals surface area contributed by atoms with E-state index >= 15 is 0 Å². The zero-order valence-corrected chi connectivity index (χ0v) is 14.9. The van der Waals surface area contributed by atoms with E-state index in [1.165, 1.54) is 6.07 Å². The van der Waals surface area contributed by atoms with Crippen LogP contribution in [-0.4, -0.2) is 25.2 Å². The smallest absolute Gasteiger partial charge is 0.387 e. The van der Waals surface area contributed by atoms with Gasteiger partial charge in [0, 0.05) is 6.54 Å². The van der Waals surface area contributed by atoms with E-state index in [9.17, 15) is 13.6 Å². The van der Waals surface area contributed by atoms with E-state index in [1.807, 2.05) is 13.8 Å². The van der Waals surface area contributed by atoms with E-state index < -0.39 is 12.7 Å². The third-order valence-corrected chi connectivity index (χ3v) is 3.05. The van der Waals surface area contributed by atoms with Gasteiger partial charge in [-0.25, -0.2) is 0 Å². The van der Waals surface area contributed by atoms with E-state index in [0.717, 1.165) is 0 Å². The third kappa shape index (κ3) is 7.79. The summed E-state index contributed by atoms with van der Waals surface area (Å²) >= 11 is 0. The molecule has 3 N–H and O–H groups in total. The van der Waals surface area contributed by atoms with E-state index in [1.54, 1.807) is 19.1 Å². The summed E-state index contributed by atoms with van der Waals surface area (Å²) in [6.45, 7) is 3.35. The topological polar surface area (TPSA) is 73.6 Å². The molecule has 1 amide bonds. The van der Waals surface area contributed by atoms with Crippen molar-refractivity contribution in [1.29, 1.82) is 0 Å². The monoisotopic (exact) mass is 366 g/mol. The summed E-state index contributed by atoms with van der Waals surface area (Å²) < 4.78 is 34.4. The maximum atomic E-state index is 12.3. The third-order valence-electron chi connectivity index (χ3n) is 3.05. The van der Waals surface area contributed by atoms with E-state index in [2.05, 4.69) is 10.1 Å². The highest BCUT2D eigenvalue weighted by molar-refractivity contribution is 5.85. The SMILES string of the molecule is CCOc1cc(CNC(=O)[C@@H](N)CC(C)C)ccc1OC(F)F.Cl.